The molecule has 1 heterocycles. The maximum atomic E-state index is 13.2. The van der Waals surface area contributed by atoms with Gasteiger partial charge in [-0.25, -0.2) is 13.7 Å². The molecule has 0 unspecified atom stereocenters. The highest BCUT2D eigenvalue weighted by Crippen LogP contribution is 2.23. The SMILES string of the molecule is O=C1C=CC(=O)N1c1ccc(F)cc1F. The van der Waals surface area contributed by atoms with E-state index in [9.17, 15) is 18.4 Å². The highest BCUT2D eigenvalue weighted by Gasteiger charge is 2.27. The summed E-state index contributed by atoms with van der Waals surface area (Å²) in [5, 5.41) is 0. The van der Waals surface area contributed by atoms with Crippen LogP contribution in [0.1, 0.15) is 0 Å². The zero-order valence-electron chi connectivity index (χ0n) is 7.41. The van der Waals surface area contributed by atoms with Crippen LogP contribution >= 0.6 is 0 Å². The van der Waals surface area contributed by atoms with Crippen LogP contribution in [0.3, 0.4) is 0 Å². The topological polar surface area (TPSA) is 37.4 Å². The lowest BCUT2D eigenvalue weighted by Crippen LogP contribution is -2.30. The number of carbonyl (C=O) groups excluding carboxylic acids is 2. The van der Waals surface area contributed by atoms with Gasteiger partial charge in [0, 0.05) is 18.2 Å². The second kappa shape index (κ2) is 3.27. The van der Waals surface area contributed by atoms with Gasteiger partial charge in [-0.2, -0.15) is 0 Å². The molecule has 0 bridgehead atoms. The van der Waals surface area contributed by atoms with Crippen LogP contribution in [0.25, 0.3) is 0 Å². The Kier molecular flexibility index (Phi) is 2.07. The molecule has 1 aromatic rings. The molecule has 2 rings (SSSR count). The standard InChI is InChI=1S/C10H5F2NO2/c11-6-1-2-8(7(12)5-6)13-9(14)3-4-10(13)15/h1-5H. The van der Waals surface area contributed by atoms with E-state index >= 15 is 0 Å². The van der Waals surface area contributed by atoms with Crippen LogP contribution in [-0.4, -0.2) is 11.8 Å². The first-order valence-corrected chi connectivity index (χ1v) is 4.11. The van der Waals surface area contributed by atoms with Gasteiger partial charge in [-0.15, -0.1) is 0 Å². The van der Waals surface area contributed by atoms with E-state index < -0.39 is 23.4 Å². The van der Waals surface area contributed by atoms with Gasteiger partial charge in [0.05, 0.1) is 5.69 Å². The Morgan fingerprint density at radius 1 is 1.00 bits per heavy atom. The minimum Gasteiger partial charge on any atom is -0.269 e. The van der Waals surface area contributed by atoms with Crippen molar-refractivity contribution in [3.63, 3.8) is 0 Å². The molecule has 0 atom stereocenters. The maximum absolute atomic E-state index is 13.2. The summed E-state index contributed by atoms with van der Waals surface area (Å²) in [6.07, 6.45) is 2.07. The third kappa shape index (κ3) is 1.52. The number of hydrogen-bond acceptors (Lipinski definition) is 2. The smallest absolute Gasteiger partial charge is 0.258 e. The van der Waals surface area contributed by atoms with E-state index in [0.29, 0.717) is 11.0 Å². The van der Waals surface area contributed by atoms with Crippen molar-refractivity contribution in [2.75, 3.05) is 4.90 Å². The van der Waals surface area contributed by atoms with E-state index in [4.69, 9.17) is 0 Å². The van der Waals surface area contributed by atoms with Crippen molar-refractivity contribution in [2.24, 2.45) is 0 Å². The molecule has 1 aliphatic rings. The number of nitrogens with zero attached hydrogens (tertiary/aromatic N) is 1. The quantitative estimate of drug-likeness (QED) is 0.655. The number of anilines is 1. The molecule has 3 nitrogen and oxygen atoms in total. The Hall–Kier alpha value is -2.04. The van der Waals surface area contributed by atoms with Crippen molar-refractivity contribution < 1.29 is 18.4 Å². The molecule has 0 N–H and O–H groups in total. The van der Waals surface area contributed by atoms with Crippen molar-refractivity contribution in [2.45, 2.75) is 0 Å². The lowest BCUT2D eigenvalue weighted by molar-refractivity contribution is -0.120. The van der Waals surface area contributed by atoms with Gasteiger partial charge in [-0.1, -0.05) is 0 Å². The largest absolute Gasteiger partial charge is 0.269 e. The van der Waals surface area contributed by atoms with Crippen molar-refractivity contribution >= 4 is 17.5 Å². The van der Waals surface area contributed by atoms with Crippen LogP contribution in [0, 0.1) is 11.6 Å². The summed E-state index contributed by atoms with van der Waals surface area (Å²) < 4.78 is 25.8. The molecule has 0 fully saturated rings. The number of rotatable bonds is 1. The Morgan fingerprint density at radius 3 is 2.13 bits per heavy atom. The summed E-state index contributed by atoms with van der Waals surface area (Å²) in [7, 11) is 0. The van der Waals surface area contributed by atoms with Crippen molar-refractivity contribution in [1.82, 2.24) is 0 Å². The summed E-state index contributed by atoms with van der Waals surface area (Å²) >= 11 is 0. The van der Waals surface area contributed by atoms with Gasteiger partial charge in [-0.3, -0.25) is 9.59 Å². The molecule has 1 aliphatic heterocycles. The normalized spacial score (nSPS) is 15.2. The lowest BCUT2D eigenvalue weighted by Gasteiger charge is -2.14. The van der Waals surface area contributed by atoms with Gasteiger partial charge in [0.2, 0.25) is 0 Å². The maximum Gasteiger partial charge on any atom is 0.258 e. The van der Waals surface area contributed by atoms with Crippen LogP contribution in [-0.2, 0) is 9.59 Å². The molecule has 0 aromatic heterocycles. The minimum atomic E-state index is -0.944. The Morgan fingerprint density at radius 2 is 1.60 bits per heavy atom. The molecule has 0 saturated carbocycles. The number of halogens is 2. The van der Waals surface area contributed by atoms with Gasteiger partial charge >= 0.3 is 0 Å². The van der Waals surface area contributed by atoms with Gasteiger partial charge in [-0.05, 0) is 12.1 Å². The van der Waals surface area contributed by atoms with E-state index in [1.165, 1.54) is 0 Å². The summed E-state index contributed by atoms with van der Waals surface area (Å²) in [5.41, 5.74) is -0.239. The fourth-order valence-corrected chi connectivity index (χ4v) is 1.30. The molecule has 0 saturated heterocycles. The van der Waals surface area contributed by atoms with E-state index in [2.05, 4.69) is 0 Å². The average Bonchev–Trinajstić information content (AvgIpc) is 2.48. The van der Waals surface area contributed by atoms with Crippen LogP contribution < -0.4 is 4.90 Å². The zero-order chi connectivity index (χ0) is 11.0. The van der Waals surface area contributed by atoms with Crippen LogP contribution in [0.5, 0.6) is 0 Å². The second-order valence-corrected chi connectivity index (χ2v) is 2.94. The highest BCUT2D eigenvalue weighted by atomic mass is 19.1. The van der Waals surface area contributed by atoms with E-state index in [-0.39, 0.29) is 5.69 Å². The minimum absolute atomic E-state index is 0.239. The molecule has 5 heteroatoms. The van der Waals surface area contributed by atoms with Crippen LogP contribution in [0.2, 0.25) is 0 Å². The molecule has 0 spiro atoms. The zero-order valence-corrected chi connectivity index (χ0v) is 7.41. The highest BCUT2D eigenvalue weighted by molar-refractivity contribution is 6.28. The summed E-state index contributed by atoms with van der Waals surface area (Å²) in [6, 6.07) is 2.65. The van der Waals surface area contributed by atoms with E-state index in [0.717, 1.165) is 24.3 Å². The number of carbonyl (C=O) groups is 2. The number of hydrogen-bond donors (Lipinski definition) is 0. The molecule has 0 aliphatic carbocycles. The Balaban J connectivity index is 2.46. The van der Waals surface area contributed by atoms with Crippen LogP contribution in [0.4, 0.5) is 14.5 Å². The van der Waals surface area contributed by atoms with Crippen molar-refractivity contribution in [3.05, 3.63) is 42.0 Å². The van der Waals surface area contributed by atoms with Gasteiger partial charge in [0.25, 0.3) is 11.8 Å². The summed E-state index contributed by atoms with van der Waals surface area (Å²) in [6.45, 7) is 0. The second-order valence-electron chi connectivity index (χ2n) is 2.94. The van der Waals surface area contributed by atoms with E-state index in [1.807, 2.05) is 0 Å². The molecule has 76 valence electrons. The summed E-state index contributed by atoms with van der Waals surface area (Å²) in [4.78, 5) is 23.0. The molecular formula is C10H5F2NO2. The molecule has 0 radical (unpaired) electrons. The van der Waals surface area contributed by atoms with E-state index in [1.54, 1.807) is 0 Å². The number of benzene rings is 1. The first-order chi connectivity index (χ1) is 7.09. The van der Waals surface area contributed by atoms with Gasteiger partial charge in [0.15, 0.2) is 0 Å². The first-order valence-electron chi connectivity index (χ1n) is 4.11. The monoisotopic (exact) mass is 209 g/mol. The average molecular weight is 209 g/mol. The molecule has 15 heavy (non-hydrogen) atoms. The predicted octanol–water partition coefficient (Wildman–Crippen LogP) is 1.39. The first kappa shape index (κ1) is 9.51. The van der Waals surface area contributed by atoms with Crippen LogP contribution in [0.15, 0.2) is 30.4 Å². The Bertz CT molecular complexity index is 464. The third-order valence-corrected chi connectivity index (χ3v) is 1.96. The lowest BCUT2D eigenvalue weighted by atomic mass is 10.2. The Labute approximate surface area is 83.6 Å². The van der Waals surface area contributed by atoms with Crippen molar-refractivity contribution in [1.29, 1.82) is 0 Å². The van der Waals surface area contributed by atoms with Gasteiger partial charge in [0.1, 0.15) is 11.6 Å². The molecule has 2 amide bonds. The summed E-state index contributed by atoms with van der Waals surface area (Å²) in [5.74, 6) is -2.97. The third-order valence-electron chi connectivity index (χ3n) is 1.96. The fourth-order valence-electron chi connectivity index (χ4n) is 1.30. The molecular weight excluding hydrogens is 204 g/mol. The fraction of sp³-hybridized carbons (Fsp3) is 0. The van der Waals surface area contributed by atoms with Crippen molar-refractivity contribution in [3.8, 4) is 0 Å². The molecule has 1 aromatic carbocycles. The number of amides is 2. The predicted molar refractivity (Wildman–Crippen MR) is 48.0 cm³/mol. The van der Waals surface area contributed by atoms with Gasteiger partial charge < -0.3 is 0 Å². The number of imide groups is 1.